The molecule has 19 heavy (non-hydrogen) atoms. The van der Waals surface area contributed by atoms with Crippen LogP contribution in [0.3, 0.4) is 0 Å². The van der Waals surface area contributed by atoms with Crippen LogP contribution in [0.25, 0.3) is 0 Å². The maximum Gasteiger partial charge on any atom is 0.142 e. The molecule has 1 nitrogen and oxygen atoms in total. The molecule has 1 atom stereocenters. The lowest BCUT2D eigenvalue weighted by Crippen LogP contribution is -2.34. The molecule has 1 aromatic carbocycles. The average Bonchev–Trinajstić information content (AvgIpc) is 2.36. The van der Waals surface area contributed by atoms with E-state index in [4.69, 9.17) is 23.2 Å². The summed E-state index contributed by atoms with van der Waals surface area (Å²) in [5.41, 5.74) is 0.780. The zero-order chi connectivity index (χ0) is 14.0. The second-order valence-corrected chi connectivity index (χ2v) is 6.45. The Hall–Kier alpha value is -0.310. The van der Waals surface area contributed by atoms with Crippen molar-refractivity contribution < 1.29 is 4.39 Å². The van der Waals surface area contributed by atoms with Crippen LogP contribution in [0.2, 0.25) is 10.0 Å². The van der Waals surface area contributed by atoms with Gasteiger partial charge < -0.3 is 5.32 Å². The number of nitrogens with one attached hydrogen (secondary N) is 1. The molecule has 1 aliphatic rings. The minimum atomic E-state index is -0.410. The molecule has 0 aliphatic heterocycles. The zero-order valence-electron chi connectivity index (χ0n) is 11.3. The SMILES string of the molecule is CC1CCC(NC(C)c2cc(F)c(Cl)cc2Cl)CC1. The number of rotatable bonds is 3. The molecule has 4 heteroatoms. The van der Waals surface area contributed by atoms with Crippen molar-refractivity contribution in [3.63, 3.8) is 0 Å². The van der Waals surface area contributed by atoms with Gasteiger partial charge in [-0.25, -0.2) is 4.39 Å². The molecule has 0 aromatic heterocycles. The standard InChI is InChI=1S/C15H20Cl2FN/c1-9-3-5-11(6-4-9)19-10(2)12-7-15(18)14(17)8-13(12)16/h7-11,19H,3-6H2,1-2H3. The molecule has 1 fully saturated rings. The highest BCUT2D eigenvalue weighted by atomic mass is 35.5. The molecule has 0 bridgehead atoms. The predicted molar refractivity (Wildman–Crippen MR) is 79.4 cm³/mol. The highest BCUT2D eigenvalue weighted by Crippen LogP contribution is 2.30. The van der Waals surface area contributed by atoms with Crippen molar-refractivity contribution in [1.82, 2.24) is 5.32 Å². The molecule has 1 aliphatic carbocycles. The summed E-state index contributed by atoms with van der Waals surface area (Å²) in [5, 5.41) is 4.15. The Morgan fingerprint density at radius 1 is 1.16 bits per heavy atom. The van der Waals surface area contributed by atoms with Crippen molar-refractivity contribution in [1.29, 1.82) is 0 Å². The second-order valence-electron chi connectivity index (χ2n) is 5.63. The lowest BCUT2D eigenvalue weighted by Gasteiger charge is -2.30. The molecule has 2 rings (SSSR count). The molecule has 1 unspecified atom stereocenters. The van der Waals surface area contributed by atoms with Crippen molar-refractivity contribution in [2.24, 2.45) is 5.92 Å². The summed E-state index contributed by atoms with van der Waals surface area (Å²) in [6, 6.07) is 3.46. The largest absolute Gasteiger partial charge is 0.307 e. The molecule has 0 spiro atoms. The third-order valence-electron chi connectivity index (χ3n) is 4.01. The number of halogens is 3. The molecule has 1 aromatic rings. The Bertz CT molecular complexity index is 442. The fourth-order valence-electron chi connectivity index (χ4n) is 2.74. The van der Waals surface area contributed by atoms with E-state index in [-0.39, 0.29) is 11.1 Å². The quantitative estimate of drug-likeness (QED) is 0.741. The smallest absolute Gasteiger partial charge is 0.142 e. The molecule has 0 radical (unpaired) electrons. The van der Waals surface area contributed by atoms with Crippen LogP contribution >= 0.6 is 23.2 Å². The average molecular weight is 304 g/mol. The van der Waals surface area contributed by atoms with Gasteiger partial charge in [0, 0.05) is 17.1 Å². The molecule has 1 saturated carbocycles. The van der Waals surface area contributed by atoms with Gasteiger partial charge in [-0.05, 0) is 56.2 Å². The first kappa shape index (κ1) is 15.1. The maximum absolute atomic E-state index is 13.5. The van der Waals surface area contributed by atoms with Crippen molar-refractivity contribution in [2.75, 3.05) is 0 Å². The van der Waals surface area contributed by atoms with Gasteiger partial charge in [-0.3, -0.25) is 0 Å². The van der Waals surface area contributed by atoms with E-state index >= 15 is 0 Å². The Kier molecular flexibility index (Phi) is 5.10. The van der Waals surface area contributed by atoms with Gasteiger partial charge in [0.05, 0.1) is 5.02 Å². The lowest BCUT2D eigenvalue weighted by atomic mass is 9.87. The van der Waals surface area contributed by atoms with Gasteiger partial charge in [-0.2, -0.15) is 0 Å². The van der Waals surface area contributed by atoms with Crippen molar-refractivity contribution >= 4 is 23.2 Å². The van der Waals surface area contributed by atoms with Gasteiger partial charge in [0.25, 0.3) is 0 Å². The lowest BCUT2D eigenvalue weighted by molar-refractivity contribution is 0.291. The van der Waals surface area contributed by atoms with Gasteiger partial charge in [-0.1, -0.05) is 30.1 Å². The third-order valence-corrected chi connectivity index (χ3v) is 4.62. The van der Waals surface area contributed by atoms with E-state index < -0.39 is 5.82 Å². The summed E-state index contributed by atoms with van der Waals surface area (Å²) < 4.78 is 13.5. The van der Waals surface area contributed by atoms with Gasteiger partial charge >= 0.3 is 0 Å². The van der Waals surface area contributed by atoms with Crippen molar-refractivity contribution in [3.05, 3.63) is 33.6 Å². The molecule has 1 N–H and O–H groups in total. The first-order valence-electron chi connectivity index (χ1n) is 6.88. The second kappa shape index (κ2) is 6.43. The van der Waals surface area contributed by atoms with Crippen LogP contribution in [0, 0.1) is 11.7 Å². The van der Waals surface area contributed by atoms with E-state index in [1.54, 1.807) is 0 Å². The first-order valence-corrected chi connectivity index (χ1v) is 7.63. The van der Waals surface area contributed by atoms with Crippen molar-refractivity contribution in [2.45, 2.75) is 51.6 Å². The summed E-state index contributed by atoms with van der Waals surface area (Å²) in [6.45, 7) is 4.32. The van der Waals surface area contributed by atoms with Crippen LogP contribution in [0.4, 0.5) is 4.39 Å². The zero-order valence-corrected chi connectivity index (χ0v) is 12.9. The summed E-state index contributed by atoms with van der Waals surface area (Å²) in [7, 11) is 0. The molecule has 0 saturated heterocycles. The van der Waals surface area contributed by atoms with E-state index in [1.165, 1.54) is 37.8 Å². The highest BCUT2D eigenvalue weighted by Gasteiger charge is 2.21. The number of benzene rings is 1. The van der Waals surface area contributed by atoms with E-state index in [2.05, 4.69) is 12.2 Å². The van der Waals surface area contributed by atoms with Crippen LogP contribution in [-0.4, -0.2) is 6.04 Å². The molecule has 0 heterocycles. The fourth-order valence-corrected chi connectivity index (χ4v) is 3.29. The topological polar surface area (TPSA) is 12.0 Å². The number of hydrogen-bond donors (Lipinski definition) is 1. The Morgan fingerprint density at radius 2 is 1.79 bits per heavy atom. The van der Waals surface area contributed by atoms with Crippen molar-refractivity contribution in [3.8, 4) is 0 Å². The van der Waals surface area contributed by atoms with Gasteiger partial charge in [0.15, 0.2) is 0 Å². The van der Waals surface area contributed by atoms with Crippen LogP contribution in [0.15, 0.2) is 12.1 Å². The highest BCUT2D eigenvalue weighted by molar-refractivity contribution is 6.35. The summed E-state index contributed by atoms with van der Waals surface area (Å²) in [4.78, 5) is 0. The maximum atomic E-state index is 13.5. The minimum Gasteiger partial charge on any atom is -0.307 e. The number of hydrogen-bond acceptors (Lipinski definition) is 1. The van der Waals surface area contributed by atoms with E-state index in [0.29, 0.717) is 11.1 Å². The summed E-state index contributed by atoms with van der Waals surface area (Å²) in [6.07, 6.45) is 4.87. The van der Waals surface area contributed by atoms with Crippen LogP contribution < -0.4 is 5.32 Å². The van der Waals surface area contributed by atoms with Crippen LogP contribution in [0.1, 0.15) is 51.1 Å². The van der Waals surface area contributed by atoms with Crippen LogP contribution in [0.5, 0.6) is 0 Å². The summed E-state index contributed by atoms with van der Waals surface area (Å²) in [5.74, 6) is 0.414. The monoisotopic (exact) mass is 303 g/mol. The van der Waals surface area contributed by atoms with E-state index in [9.17, 15) is 4.39 Å². The van der Waals surface area contributed by atoms with E-state index in [0.717, 1.165) is 11.5 Å². The molecule has 106 valence electrons. The van der Waals surface area contributed by atoms with Crippen LogP contribution in [-0.2, 0) is 0 Å². The van der Waals surface area contributed by atoms with Gasteiger partial charge in [0.2, 0.25) is 0 Å². The Balaban J connectivity index is 2.03. The molecular formula is C15H20Cl2FN. The Morgan fingerprint density at radius 3 is 2.42 bits per heavy atom. The minimum absolute atomic E-state index is 0.0395. The van der Waals surface area contributed by atoms with Gasteiger partial charge in [-0.15, -0.1) is 0 Å². The fraction of sp³-hybridized carbons (Fsp3) is 0.600. The summed E-state index contributed by atoms with van der Waals surface area (Å²) >= 11 is 11.9. The first-order chi connectivity index (χ1) is 8.97. The molecule has 0 amide bonds. The van der Waals surface area contributed by atoms with Gasteiger partial charge in [0.1, 0.15) is 5.82 Å². The third kappa shape index (κ3) is 3.84. The van der Waals surface area contributed by atoms with E-state index in [1.807, 2.05) is 6.92 Å². The predicted octanol–water partition coefficient (Wildman–Crippen LogP) is 5.36. The Labute approximate surface area is 124 Å². The molecular weight excluding hydrogens is 284 g/mol. The normalized spacial score (nSPS) is 25.3.